The molecule has 2 aromatic carbocycles. The Bertz CT molecular complexity index is 658. The molecule has 0 saturated heterocycles. The fraction of sp³-hybridized carbons (Fsp3) is 0.333. The van der Waals surface area contributed by atoms with E-state index in [1.165, 1.54) is 5.56 Å². The SMILES string of the molecule is Cc1c(OCc2ccccc2)cc(Br)c2c1NCC2CCO. The van der Waals surface area contributed by atoms with Gasteiger partial charge in [0.25, 0.3) is 0 Å². The molecule has 1 unspecified atom stereocenters. The highest BCUT2D eigenvalue weighted by atomic mass is 79.9. The maximum atomic E-state index is 9.21. The molecule has 0 aliphatic carbocycles. The van der Waals surface area contributed by atoms with Crippen LogP contribution >= 0.6 is 15.9 Å². The van der Waals surface area contributed by atoms with E-state index in [0.29, 0.717) is 12.5 Å². The summed E-state index contributed by atoms with van der Waals surface area (Å²) < 4.78 is 7.06. The van der Waals surface area contributed by atoms with Gasteiger partial charge in [0, 0.05) is 34.8 Å². The molecule has 0 radical (unpaired) electrons. The summed E-state index contributed by atoms with van der Waals surface area (Å²) >= 11 is 3.67. The van der Waals surface area contributed by atoms with E-state index in [1.807, 2.05) is 18.2 Å². The van der Waals surface area contributed by atoms with Crippen LogP contribution in [-0.2, 0) is 6.61 Å². The first-order chi connectivity index (χ1) is 10.7. The number of halogens is 1. The standard InChI is InChI=1S/C18H20BrNO2/c1-12-16(22-11-13-5-3-2-4-6-13)9-15(19)17-14(7-8-21)10-20-18(12)17/h2-6,9,14,20-21H,7-8,10-11H2,1H3. The molecular formula is C18H20BrNO2. The molecule has 0 spiro atoms. The van der Waals surface area contributed by atoms with Crippen molar-refractivity contribution >= 4 is 21.6 Å². The van der Waals surface area contributed by atoms with Gasteiger partial charge < -0.3 is 15.2 Å². The lowest BCUT2D eigenvalue weighted by atomic mass is 9.96. The van der Waals surface area contributed by atoms with Crippen molar-refractivity contribution in [2.45, 2.75) is 25.9 Å². The van der Waals surface area contributed by atoms with E-state index in [2.05, 4.69) is 46.4 Å². The van der Waals surface area contributed by atoms with E-state index in [9.17, 15) is 5.11 Å². The van der Waals surface area contributed by atoms with Gasteiger partial charge in [0.15, 0.2) is 0 Å². The van der Waals surface area contributed by atoms with Crippen LogP contribution in [0.25, 0.3) is 0 Å². The Labute approximate surface area is 139 Å². The Kier molecular flexibility index (Phi) is 4.69. The minimum absolute atomic E-state index is 0.212. The fourth-order valence-corrected chi connectivity index (χ4v) is 3.72. The monoisotopic (exact) mass is 361 g/mol. The minimum atomic E-state index is 0.212. The normalized spacial score (nSPS) is 16.2. The average Bonchev–Trinajstić information content (AvgIpc) is 2.95. The molecule has 116 valence electrons. The number of hydrogen-bond donors (Lipinski definition) is 2. The van der Waals surface area contributed by atoms with Gasteiger partial charge in [-0.3, -0.25) is 0 Å². The van der Waals surface area contributed by atoms with Crippen molar-refractivity contribution in [3.05, 3.63) is 57.6 Å². The maximum Gasteiger partial charge on any atom is 0.125 e. The van der Waals surface area contributed by atoms with Crippen molar-refractivity contribution in [2.24, 2.45) is 0 Å². The van der Waals surface area contributed by atoms with Crippen LogP contribution in [0, 0.1) is 6.92 Å². The van der Waals surface area contributed by atoms with Gasteiger partial charge >= 0.3 is 0 Å². The summed E-state index contributed by atoms with van der Waals surface area (Å²) in [4.78, 5) is 0. The zero-order chi connectivity index (χ0) is 15.5. The quantitative estimate of drug-likeness (QED) is 0.837. The Balaban J connectivity index is 1.84. The van der Waals surface area contributed by atoms with Gasteiger partial charge in [-0.15, -0.1) is 0 Å². The summed E-state index contributed by atoms with van der Waals surface area (Å²) in [5.41, 5.74) is 4.70. The number of rotatable bonds is 5. The van der Waals surface area contributed by atoms with Crippen molar-refractivity contribution in [3.8, 4) is 5.75 Å². The maximum absolute atomic E-state index is 9.21. The smallest absolute Gasteiger partial charge is 0.125 e. The first kappa shape index (κ1) is 15.4. The molecule has 0 saturated carbocycles. The molecule has 3 rings (SSSR count). The molecule has 1 heterocycles. The van der Waals surface area contributed by atoms with Crippen molar-refractivity contribution in [3.63, 3.8) is 0 Å². The Morgan fingerprint density at radius 3 is 2.82 bits per heavy atom. The third-order valence-corrected chi connectivity index (χ3v) is 4.83. The summed E-state index contributed by atoms with van der Waals surface area (Å²) in [6.45, 7) is 3.73. The van der Waals surface area contributed by atoms with Gasteiger partial charge in [-0.2, -0.15) is 0 Å². The molecule has 0 amide bonds. The second kappa shape index (κ2) is 6.71. The number of hydrogen-bond acceptors (Lipinski definition) is 3. The van der Waals surface area contributed by atoms with E-state index in [4.69, 9.17) is 4.74 Å². The first-order valence-electron chi connectivity index (χ1n) is 7.55. The van der Waals surface area contributed by atoms with Gasteiger partial charge in [0.2, 0.25) is 0 Å². The third-order valence-electron chi connectivity index (χ3n) is 4.18. The van der Waals surface area contributed by atoms with Crippen LogP contribution in [0.15, 0.2) is 40.9 Å². The van der Waals surface area contributed by atoms with Crippen LogP contribution in [0.4, 0.5) is 5.69 Å². The van der Waals surface area contributed by atoms with Gasteiger partial charge in [0.1, 0.15) is 12.4 Å². The van der Waals surface area contributed by atoms with E-state index in [1.54, 1.807) is 0 Å². The van der Waals surface area contributed by atoms with Crippen LogP contribution in [0.5, 0.6) is 5.75 Å². The molecule has 2 aromatic rings. The summed E-state index contributed by atoms with van der Waals surface area (Å²) in [5, 5.41) is 12.7. The average molecular weight is 362 g/mol. The lowest BCUT2D eigenvalue weighted by molar-refractivity contribution is 0.278. The van der Waals surface area contributed by atoms with Crippen LogP contribution in [0.1, 0.15) is 29.0 Å². The van der Waals surface area contributed by atoms with E-state index < -0.39 is 0 Å². The molecule has 1 aliphatic rings. The fourth-order valence-electron chi connectivity index (χ4n) is 2.99. The van der Waals surface area contributed by atoms with Crippen LogP contribution < -0.4 is 10.1 Å². The summed E-state index contributed by atoms with van der Waals surface area (Å²) in [5.74, 6) is 1.25. The Morgan fingerprint density at radius 2 is 2.09 bits per heavy atom. The number of fused-ring (bicyclic) bond motifs is 1. The number of anilines is 1. The zero-order valence-electron chi connectivity index (χ0n) is 12.6. The van der Waals surface area contributed by atoms with E-state index in [0.717, 1.165) is 40.0 Å². The second-order valence-corrected chi connectivity index (χ2v) is 6.49. The Hall–Kier alpha value is -1.52. The Morgan fingerprint density at radius 1 is 1.32 bits per heavy atom. The third kappa shape index (κ3) is 2.99. The van der Waals surface area contributed by atoms with Gasteiger partial charge in [-0.1, -0.05) is 46.3 Å². The van der Waals surface area contributed by atoms with Gasteiger partial charge in [0.05, 0.1) is 0 Å². The summed E-state index contributed by atoms with van der Waals surface area (Å²) in [7, 11) is 0. The largest absolute Gasteiger partial charge is 0.489 e. The molecular weight excluding hydrogens is 342 g/mol. The summed E-state index contributed by atoms with van der Waals surface area (Å²) in [6, 6.07) is 12.2. The van der Waals surface area contributed by atoms with Gasteiger partial charge in [-0.25, -0.2) is 0 Å². The number of aliphatic hydroxyl groups is 1. The molecule has 2 N–H and O–H groups in total. The highest BCUT2D eigenvalue weighted by Crippen LogP contribution is 2.44. The number of nitrogens with one attached hydrogen (secondary N) is 1. The molecule has 0 fully saturated rings. The van der Waals surface area contributed by atoms with Crippen LogP contribution in [-0.4, -0.2) is 18.3 Å². The molecule has 1 atom stereocenters. The highest BCUT2D eigenvalue weighted by molar-refractivity contribution is 9.10. The van der Waals surface area contributed by atoms with Crippen molar-refractivity contribution in [1.29, 1.82) is 0 Å². The molecule has 3 nitrogen and oxygen atoms in total. The molecule has 22 heavy (non-hydrogen) atoms. The number of benzene rings is 2. The predicted octanol–water partition coefficient (Wildman–Crippen LogP) is 4.23. The second-order valence-electron chi connectivity index (χ2n) is 5.63. The lowest BCUT2D eigenvalue weighted by Crippen LogP contribution is -2.04. The molecule has 4 heteroatoms. The first-order valence-corrected chi connectivity index (χ1v) is 8.34. The molecule has 1 aliphatic heterocycles. The lowest BCUT2D eigenvalue weighted by Gasteiger charge is -2.16. The van der Waals surface area contributed by atoms with Crippen molar-refractivity contribution < 1.29 is 9.84 Å². The predicted molar refractivity (Wildman–Crippen MR) is 92.6 cm³/mol. The van der Waals surface area contributed by atoms with E-state index >= 15 is 0 Å². The number of aliphatic hydroxyl groups excluding tert-OH is 1. The molecule has 0 bridgehead atoms. The highest BCUT2D eigenvalue weighted by Gasteiger charge is 2.27. The van der Waals surface area contributed by atoms with Gasteiger partial charge in [-0.05, 0) is 30.5 Å². The molecule has 0 aromatic heterocycles. The van der Waals surface area contributed by atoms with E-state index in [-0.39, 0.29) is 6.61 Å². The number of ether oxygens (including phenoxy) is 1. The van der Waals surface area contributed by atoms with Crippen LogP contribution in [0.2, 0.25) is 0 Å². The van der Waals surface area contributed by atoms with Crippen molar-refractivity contribution in [2.75, 3.05) is 18.5 Å². The zero-order valence-corrected chi connectivity index (χ0v) is 14.2. The summed E-state index contributed by atoms with van der Waals surface area (Å²) in [6.07, 6.45) is 0.780. The minimum Gasteiger partial charge on any atom is -0.489 e. The van der Waals surface area contributed by atoms with Crippen LogP contribution in [0.3, 0.4) is 0 Å². The topological polar surface area (TPSA) is 41.5 Å². The van der Waals surface area contributed by atoms with Crippen molar-refractivity contribution in [1.82, 2.24) is 0 Å².